The molecule has 6 heteroatoms. The van der Waals surface area contributed by atoms with E-state index in [9.17, 15) is 9.59 Å². The summed E-state index contributed by atoms with van der Waals surface area (Å²) in [5, 5.41) is 8.73. The van der Waals surface area contributed by atoms with E-state index >= 15 is 0 Å². The minimum Gasteiger partial charge on any atom is -0.478 e. The van der Waals surface area contributed by atoms with Gasteiger partial charge in [-0.3, -0.25) is 4.79 Å². The molecule has 1 aromatic heterocycles. The largest absolute Gasteiger partial charge is 0.478 e. The average Bonchev–Trinajstić information content (AvgIpc) is 2.26. The summed E-state index contributed by atoms with van der Waals surface area (Å²) in [6.07, 6.45) is 0. The molecule has 13 heavy (non-hydrogen) atoms. The lowest BCUT2D eigenvalue weighted by atomic mass is 10.2. The van der Waals surface area contributed by atoms with Crippen LogP contribution in [0.2, 0.25) is 0 Å². The first-order valence-corrected chi connectivity index (χ1v) is 4.88. The quantitative estimate of drug-likeness (QED) is 0.800. The second kappa shape index (κ2) is 3.47. The number of thiophene rings is 1. The second-order valence-corrected chi connectivity index (χ2v) is 4.69. The third-order valence-electron chi connectivity index (χ3n) is 1.44. The van der Waals surface area contributed by atoms with Gasteiger partial charge in [0.1, 0.15) is 5.56 Å². The van der Waals surface area contributed by atoms with E-state index in [0.717, 1.165) is 11.3 Å². The van der Waals surface area contributed by atoms with Crippen LogP contribution in [-0.4, -0.2) is 16.9 Å². The Bertz CT molecular complexity index is 385. The summed E-state index contributed by atoms with van der Waals surface area (Å²) in [4.78, 5) is 21.9. The van der Waals surface area contributed by atoms with Gasteiger partial charge in [0, 0.05) is 6.92 Å². The Morgan fingerprint density at radius 2 is 2.08 bits per heavy atom. The van der Waals surface area contributed by atoms with E-state index in [2.05, 4.69) is 15.9 Å². The monoisotopic (exact) mass is 263 g/mol. The summed E-state index contributed by atoms with van der Waals surface area (Å²) in [5.74, 6) is -1.36. The molecular weight excluding hydrogens is 258 g/mol. The van der Waals surface area contributed by atoms with E-state index < -0.39 is 5.97 Å². The van der Waals surface area contributed by atoms with E-state index in [0.29, 0.717) is 3.79 Å². The minimum absolute atomic E-state index is 0.0322. The summed E-state index contributed by atoms with van der Waals surface area (Å²) in [6.45, 7) is 1.35. The maximum absolute atomic E-state index is 11.0. The van der Waals surface area contributed by atoms with E-state index in [-0.39, 0.29) is 21.9 Å². The summed E-state index contributed by atoms with van der Waals surface area (Å²) >= 11 is 4.08. The molecule has 0 saturated heterocycles. The van der Waals surface area contributed by atoms with Crippen LogP contribution in [0.3, 0.4) is 0 Å². The highest BCUT2D eigenvalue weighted by molar-refractivity contribution is 9.11. The van der Waals surface area contributed by atoms with Gasteiger partial charge in [-0.2, -0.15) is 0 Å². The molecule has 1 heterocycles. The molecule has 3 N–H and O–H groups in total. The Kier molecular flexibility index (Phi) is 2.72. The highest BCUT2D eigenvalue weighted by Gasteiger charge is 2.21. The number of carbonyl (C=O) groups excluding carboxylic acids is 1. The molecule has 0 fully saturated rings. The van der Waals surface area contributed by atoms with Gasteiger partial charge in [-0.15, -0.1) is 11.3 Å². The number of carboxylic acid groups (broad SMARTS) is 1. The molecule has 0 unspecified atom stereocenters. The number of ketones is 1. The van der Waals surface area contributed by atoms with Crippen molar-refractivity contribution < 1.29 is 14.7 Å². The third-order valence-corrected chi connectivity index (χ3v) is 3.41. The van der Waals surface area contributed by atoms with Crippen molar-refractivity contribution in [3.05, 3.63) is 14.2 Å². The molecule has 0 radical (unpaired) electrons. The number of nitrogen functional groups attached to an aromatic ring is 1. The van der Waals surface area contributed by atoms with E-state index in [4.69, 9.17) is 10.8 Å². The second-order valence-electron chi connectivity index (χ2n) is 2.35. The first-order chi connectivity index (χ1) is 5.95. The van der Waals surface area contributed by atoms with Crippen molar-refractivity contribution in [2.45, 2.75) is 6.92 Å². The fraction of sp³-hybridized carbons (Fsp3) is 0.143. The SMILES string of the molecule is CC(=O)c1sc(Br)c(C(=O)O)c1N. The van der Waals surface area contributed by atoms with Gasteiger partial charge in [-0.25, -0.2) is 4.79 Å². The maximum atomic E-state index is 11.0. The van der Waals surface area contributed by atoms with Crippen molar-refractivity contribution in [2.75, 3.05) is 5.73 Å². The molecule has 0 aliphatic heterocycles. The summed E-state index contributed by atoms with van der Waals surface area (Å²) in [7, 11) is 0. The van der Waals surface area contributed by atoms with Crippen molar-refractivity contribution >= 4 is 44.7 Å². The summed E-state index contributed by atoms with van der Waals surface area (Å²) in [5.41, 5.74) is 5.49. The average molecular weight is 264 g/mol. The van der Waals surface area contributed by atoms with Crippen LogP contribution in [0.4, 0.5) is 5.69 Å². The van der Waals surface area contributed by atoms with Crippen LogP contribution < -0.4 is 5.73 Å². The summed E-state index contributed by atoms with van der Waals surface area (Å²) in [6, 6.07) is 0. The number of halogens is 1. The Morgan fingerprint density at radius 1 is 1.54 bits per heavy atom. The molecule has 0 bridgehead atoms. The van der Waals surface area contributed by atoms with Crippen LogP contribution in [0.15, 0.2) is 3.79 Å². The molecule has 0 aliphatic rings. The Balaban J connectivity index is 3.39. The molecule has 4 nitrogen and oxygen atoms in total. The van der Waals surface area contributed by atoms with Gasteiger partial charge in [-0.05, 0) is 15.9 Å². The molecule has 0 aliphatic carbocycles. The highest BCUT2D eigenvalue weighted by atomic mass is 79.9. The highest BCUT2D eigenvalue weighted by Crippen LogP contribution is 2.35. The molecule has 1 aromatic rings. The lowest BCUT2D eigenvalue weighted by Gasteiger charge is -1.93. The number of hydrogen-bond acceptors (Lipinski definition) is 4. The van der Waals surface area contributed by atoms with Crippen LogP contribution in [0.5, 0.6) is 0 Å². The molecule has 0 atom stereocenters. The molecule has 0 amide bonds. The first-order valence-electron chi connectivity index (χ1n) is 3.27. The molecule has 0 spiro atoms. The van der Waals surface area contributed by atoms with E-state index in [1.807, 2.05) is 0 Å². The van der Waals surface area contributed by atoms with Crippen molar-refractivity contribution in [1.82, 2.24) is 0 Å². The number of Topliss-reactive ketones (excluding diaryl/α,β-unsaturated/α-hetero) is 1. The van der Waals surface area contributed by atoms with Crippen molar-refractivity contribution in [2.24, 2.45) is 0 Å². The van der Waals surface area contributed by atoms with Gasteiger partial charge in [0.15, 0.2) is 5.78 Å². The van der Waals surface area contributed by atoms with Crippen LogP contribution in [-0.2, 0) is 0 Å². The molecule has 0 saturated carbocycles. The number of carboxylic acids is 1. The van der Waals surface area contributed by atoms with Crippen LogP contribution in [0.1, 0.15) is 27.0 Å². The Labute approximate surface area is 86.5 Å². The lowest BCUT2D eigenvalue weighted by molar-refractivity contribution is 0.0697. The zero-order valence-corrected chi connectivity index (χ0v) is 9.03. The number of rotatable bonds is 2. The van der Waals surface area contributed by atoms with Gasteiger partial charge in [0.25, 0.3) is 0 Å². The van der Waals surface area contributed by atoms with Crippen LogP contribution >= 0.6 is 27.3 Å². The van der Waals surface area contributed by atoms with Crippen LogP contribution in [0, 0.1) is 0 Å². The van der Waals surface area contributed by atoms with Crippen molar-refractivity contribution in [3.8, 4) is 0 Å². The number of aromatic carboxylic acids is 1. The van der Waals surface area contributed by atoms with Gasteiger partial charge in [0.2, 0.25) is 0 Å². The fourth-order valence-electron chi connectivity index (χ4n) is 0.876. The number of carbonyl (C=O) groups is 2. The number of hydrogen-bond donors (Lipinski definition) is 2. The first kappa shape index (κ1) is 10.2. The Morgan fingerprint density at radius 3 is 2.31 bits per heavy atom. The number of anilines is 1. The predicted molar refractivity (Wildman–Crippen MR) is 53.4 cm³/mol. The van der Waals surface area contributed by atoms with Crippen molar-refractivity contribution in [3.63, 3.8) is 0 Å². The minimum atomic E-state index is -1.13. The molecule has 0 aromatic carbocycles. The molecule has 70 valence electrons. The number of nitrogens with two attached hydrogens (primary N) is 1. The summed E-state index contributed by atoms with van der Waals surface area (Å²) < 4.78 is 0.378. The Hall–Kier alpha value is -0.880. The van der Waals surface area contributed by atoms with Crippen molar-refractivity contribution in [1.29, 1.82) is 0 Å². The zero-order chi connectivity index (χ0) is 10.2. The zero-order valence-electron chi connectivity index (χ0n) is 6.63. The normalized spacial score (nSPS) is 10.0. The van der Waals surface area contributed by atoms with Crippen LogP contribution in [0.25, 0.3) is 0 Å². The molecule has 1 rings (SSSR count). The van der Waals surface area contributed by atoms with E-state index in [1.165, 1.54) is 6.92 Å². The third kappa shape index (κ3) is 1.73. The molecular formula is C7H6BrNO3S. The van der Waals surface area contributed by atoms with E-state index in [1.54, 1.807) is 0 Å². The van der Waals surface area contributed by atoms with Gasteiger partial charge >= 0.3 is 5.97 Å². The predicted octanol–water partition coefficient (Wildman–Crippen LogP) is 1.99. The smallest absolute Gasteiger partial charge is 0.339 e. The van der Waals surface area contributed by atoms with Gasteiger partial charge in [0.05, 0.1) is 14.4 Å². The fourth-order valence-corrected chi connectivity index (χ4v) is 2.58. The topological polar surface area (TPSA) is 80.4 Å². The van der Waals surface area contributed by atoms with Gasteiger partial charge < -0.3 is 10.8 Å². The lowest BCUT2D eigenvalue weighted by Crippen LogP contribution is -2.02. The maximum Gasteiger partial charge on any atom is 0.339 e. The van der Waals surface area contributed by atoms with Gasteiger partial charge in [-0.1, -0.05) is 0 Å². The standard InChI is InChI=1S/C7H6BrNO3S/c1-2(10)5-4(9)3(7(11)12)6(8)13-5/h9H2,1H3,(H,11,12).